The van der Waals surface area contributed by atoms with Gasteiger partial charge in [0.15, 0.2) is 0 Å². The third-order valence-electron chi connectivity index (χ3n) is 6.02. The number of anilines is 2. The molecule has 5 rings (SSSR count). The summed E-state index contributed by atoms with van der Waals surface area (Å²) in [5.74, 6) is 0.788. The highest BCUT2D eigenvalue weighted by atomic mass is 16.5. The summed E-state index contributed by atoms with van der Waals surface area (Å²) in [5.41, 5.74) is 10.1. The Balaban J connectivity index is 1.54. The van der Waals surface area contributed by atoms with Gasteiger partial charge < -0.3 is 25.1 Å². The highest BCUT2D eigenvalue weighted by molar-refractivity contribution is 6.06. The first-order chi connectivity index (χ1) is 16.2. The van der Waals surface area contributed by atoms with E-state index in [9.17, 15) is 4.79 Å². The van der Waals surface area contributed by atoms with Crippen molar-refractivity contribution in [2.75, 3.05) is 31.4 Å². The van der Waals surface area contributed by atoms with Crippen LogP contribution in [0, 0.1) is 0 Å². The molecule has 2 aromatic carbocycles. The molecular formula is C25H25N5O3. The van der Waals surface area contributed by atoms with Crippen LogP contribution in [0.3, 0.4) is 0 Å². The molecular weight excluding hydrogens is 418 g/mol. The van der Waals surface area contributed by atoms with Gasteiger partial charge in [-0.2, -0.15) is 0 Å². The second kappa shape index (κ2) is 8.91. The lowest BCUT2D eigenvalue weighted by Gasteiger charge is -2.24. The number of methoxy groups -OCH3 is 1. The van der Waals surface area contributed by atoms with Crippen molar-refractivity contribution in [2.45, 2.75) is 18.9 Å². The lowest BCUT2D eigenvalue weighted by atomic mass is 10.0. The van der Waals surface area contributed by atoms with Crippen LogP contribution in [0.1, 0.15) is 29.2 Å². The number of aromatic nitrogens is 3. The maximum Gasteiger partial charge on any atom is 0.255 e. The molecule has 33 heavy (non-hydrogen) atoms. The van der Waals surface area contributed by atoms with Crippen LogP contribution in [-0.4, -0.2) is 40.8 Å². The van der Waals surface area contributed by atoms with Gasteiger partial charge in [-0.3, -0.25) is 4.79 Å². The van der Waals surface area contributed by atoms with Gasteiger partial charge >= 0.3 is 0 Å². The molecule has 0 radical (unpaired) electrons. The molecule has 8 nitrogen and oxygen atoms in total. The van der Waals surface area contributed by atoms with Gasteiger partial charge in [-0.1, -0.05) is 24.3 Å². The average Bonchev–Trinajstić information content (AvgIpc) is 3.26. The van der Waals surface area contributed by atoms with Gasteiger partial charge in [-0.25, -0.2) is 9.97 Å². The fourth-order valence-corrected chi connectivity index (χ4v) is 4.31. The molecule has 1 aliphatic heterocycles. The first-order valence-electron chi connectivity index (χ1n) is 10.9. The first-order valence-corrected chi connectivity index (χ1v) is 10.9. The minimum Gasteiger partial charge on any atom is -0.495 e. The van der Waals surface area contributed by atoms with Gasteiger partial charge in [-0.15, -0.1) is 0 Å². The molecule has 0 bridgehead atoms. The second-order valence-corrected chi connectivity index (χ2v) is 7.99. The Bertz CT molecular complexity index is 1300. The van der Waals surface area contributed by atoms with E-state index in [1.807, 2.05) is 36.4 Å². The second-order valence-electron chi connectivity index (χ2n) is 7.99. The number of nitrogens with one attached hydrogen (secondary N) is 1. The van der Waals surface area contributed by atoms with Crippen molar-refractivity contribution < 1.29 is 14.3 Å². The number of fused-ring (bicyclic) bond motifs is 1. The Morgan fingerprint density at radius 2 is 1.94 bits per heavy atom. The van der Waals surface area contributed by atoms with Crippen molar-refractivity contribution in [3.8, 4) is 16.9 Å². The van der Waals surface area contributed by atoms with E-state index in [4.69, 9.17) is 15.2 Å². The highest BCUT2D eigenvalue weighted by Crippen LogP contribution is 2.39. The van der Waals surface area contributed by atoms with Gasteiger partial charge in [0.2, 0.25) is 0 Å². The lowest BCUT2D eigenvalue weighted by Crippen LogP contribution is -2.19. The van der Waals surface area contributed by atoms with Crippen molar-refractivity contribution >= 4 is 28.4 Å². The molecule has 1 fully saturated rings. The Kier molecular flexibility index (Phi) is 5.66. The van der Waals surface area contributed by atoms with E-state index in [1.165, 1.54) is 6.33 Å². The standard InChI is InChI=1S/C25H25N5O3/c1-32-21-13-17(7-8-20(21)29-25(31)16-5-3-2-4-6-16)19-14-30(18-9-11-33-12-10-18)24-22(19)23(26)27-15-28-24/h2-8,13-15,18H,9-12H2,1H3,(H,29,31)(H2,26,27,28). The molecule has 0 unspecified atom stereocenters. The van der Waals surface area contributed by atoms with E-state index < -0.39 is 0 Å². The largest absolute Gasteiger partial charge is 0.495 e. The summed E-state index contributed by atoms with van der Waals surface area (Å²) in [5, 5.41) is 3.74. The number of carbonyl (C=O) groups is 1. The van der Waals surface area contributed by atoms with Crippen LogP contribution < -0.4 is 15.8 Å². The molecule has 0 spiro atoms. The topological polar surface area (TPSA) is 104 Å². The molecule has 4 aromatic rings. The van der Waals surface area contributed by atoms with Gasteiger partial charge in [0.1, 0.15) is 23.5 Å². The summed E-state index contributed by atoms with van der Waals surface area (Å²) in [6.07, 6.45) is 5.42. The smallest absolute Gasteiger partial charge is 0.255 e. The maximum absolute atomic E-state index is 12.6. The number of hydrogen-bond donors (Lipinski definition) is 2. The minimum atomic E-state index is -0.199. The van der Waals surface area contributed by atoms with Crippen LogP contribution in [0.5, 0.6) is 5.75 Å². The number of nitrogens with two attached hydrogens (primary N) is 1. The van der Waals surface area contributed by atoms with Crippen LogP contribution >= 0.6 is 0 Å². The van der Waals surface area contributed by atoms with Gasteiger partial charge in [-0.05, 0) is 42.7 Å². The first kappa shape index (κ1) is 21.0. The highest BCUT2D eigenvalue weighted by Gasteiger charge is 2.23. The quantitative estimate of drug-likeness (QED) is 0.477. The lowest BCUT2D eigenvalue weighted by molar-refractivity contribution is 0.0706. The zero-order valence-corrected chi connectivity index (χ0v) is 18.3. The maximum atomic E-state index is 12.6. The van der Waals surface area contributed by atoms with Crippen LogP contribution in [0.15, 0.2) is 61.1 Å². The number of benzene rings is 2. The molecule has 0 saturated carbocycles. The fraction of sp³-hybridized carbons (Fsp3) is 0.240. The molecule has 2 aromatic heterocycles. The summed E-state index contributed by atoms with van der Waals surface area (Å²) in [6.45, 7) is 1.45. The van der Waals surface area contributed by atoms with Crippen molar-refractivity contribution in [2.24, 2.45) is 0 Å². The SMILES string of the molecule is COc1cc(-c2cn(C3CCOCC3)c3ncnc(N)c23)ccc1NC(=O)c1ccccc1. The summed E-state index contributed by atoms with van der Waals surface area (Å²) >= 11 is 0. The Morgan fingerprint density at radius 1 is 1.15 bits per heavy atom. The number of nitrogen functional groups attached to an aromatic ring is 1. The van der Waals surface area contributed by atoms with Crippen LogP contribution in [0.2, 0.25) is 0 Å². The molecule has 0 aliphatic carbocycles. The van der Waals surface area contributed by atoms with Crippen molar-refractivity contribution in [1.82, 2.24) is 14.5 Å². The molecule has 168 valence electrons. The predicted octanol–water partition coefficient (Wildman–Crippen LogP) is 4.29. The molecule has 3 N–H and O–H groups in total. The van der Waals surface area contributed by atoms with Crippen LogP contribution in [0.4, 0.5) is 11.5 Å². The summed E-state index contributed by atoms with van der Waals surface area (Å²) in [7, 11) is 1.58. The summed E-state index contributed by atoms with van der Waals surface area (Å²) < 4.78 is 13.3. The number of carbonyl (C=O) groups excluding carboxylic acids is 1. The van der Waals surface area contributed by atoms with Crippen LogP contribution in [-0.2, 0) is 4.74 Å². The number of nitrogens with zero attached hydrogens (tertiary/aromatic N) is 3. The summed E-state index contributed by atoms with van der Waals surface area (Å²) in [6, 6.07) is 15.0. The third kappa shape index (κ3) is 4.01. The minimum absolute atomic E-state index is 0.199. The number of amides is 1. The summed E-state index contributed by atoms with van der Waals surface area (Å²) in [4.78, 5) is 21.4. The zero-order valence-electron chi connectivity index (χ0n) is 18.3. The van der Waals surface area contributed by atoms with E-state index in [-0.39, 0.29) is 11.9 Å². The predicted molar refractivity (Wildman–Crippen MR) is 127 cm³/mol. The fourth-order valence-electron chi connectivity index (χ4n) is 4.31. The van der Waals surface area contributed by atoms with E-state index in [1.54, 1.807) is 19.2 Å². The van der Waals surface area contributed by atoms with Gasteiger partial charge in [0.25, 0.3) is 5.91 Å². The van der Waals surface area contributed by atoms with Crippen LogP contribution in [0.25, 0.3) is 22.2 Å². The normalized spacial score (nSPS) is 14.3. The van der Waals surface area contributed by atoms with Crippen molar-refractivity contribution in [3.63, 3.8) is 0 Å². The number of rotatable bonds is 5. The monoisotopic (exact) mass is 443 g/mol. The zero-order chi connectivity index (χ0) is 22.8. The van der Waals surface area contributed by atoms with E-state index >= 15 is 0 Å². The molecule has 0 atom stereocenters. The van der Waals surface area contributed by atoms with E-state index in [0.29, 0.717) is 22.8 Å². The number of ether oxygens (including phenoxy) is 2. The molecule has 1 saturated heterocycles. The third-order valence-corrected chi connectivity index (χ3v) is 6.02. The van der Waals surface area contributed by atoms with E-state index in [0.717, 1.165) is 48.2 Å². The van der Waals surface area contributed by atoms with E-state index in [2.05, 4.69) is 26.0 Å². The molecule has 8 heteroatoms. The Labute approximate surface area is 191 Å². The van der Waals surface area contributed by atoms with Crippen molar-refractivity contribution in [1.29, 1.82) is 0 Å². The Morgan fingerprint density at radius 3 is 2.70 bits per heavy atom. The van der Waals surface area contributed by atoms with Gasteiger partial charge in [0.05, 0.1) is 18.2 Å². The average molecular weight is 444 g/mol. The molecule has 1 amide bonds. The number of hydrogen-bond acceptors (Lipinski definition) is 6. The Hall–Kier alpha value is -3.91. The molecule has 3 heterocycles. The van der Waals surface area contributed by atoms with Crippen molar-refractivity contribution in [3.05, 3.63) is 66.6 Å². The molecule has 1 aliphatic rings. The van der Waals surface area contributed by atoms with Gasteiger partial charge in [0, 0.05) is 36.6 Å².